The number of rotatable bonds is 7. The molecule has 27 heavy (non-hydrogen) atoms. The Kier molecular flexibility index (Phi) is 5.69. The number of nitriles is 1. The highest BCUT2D eigenvalue weighted by Crippen LogP contribution is 2.33. The molecule has 0 saturated carbocycles. The smallest absolute Gasteiger partial charge is 0.307 e. The van der Waals surface area contributed by atoms with Gasteiger partial charge in [-0.2, -0.15) is 5.26 Å². The number of ether oxygens (including phenoxy) is 2. The third kappa shape index (κ3) is 4.43. The largest absolute Gasteiger partial charge is 0.493 e. The number of carboxylic acid groups (broad SMARTS) is 1. The zero-order valence-electron chi connectivity index (χ0n) is 14.5. The molecule has 3 aromatic rings. The minimum absolute atomic E-state index is 0.0818. The zero-order chi connectivity index (χ0) is 19.2. The number of carbonyl (C=O) groups is 1. The van der Waals surface area contributed by atoms with Crippen LogP contribution >= 0.6 is 11.3 Å². The van der Waals surface area contributed by atoms with E-state index in [-0.39, 0.29) is 13.0 Å². The molecule has 1 heterocycles. The van der Waals surface area contributed by atoms with Crippen molar-refractivity contribution >= 4 is 39.2 Å². The van der Waals surface area contributed by atoms with Crippen LogP contribution in [0.5, 0.6) is 11.5 Å². The number of aromatic nitrogens is 1. The Labute approximate surface area is 159 Å². The lowest BCUT2D eigenvalue weighted by Gasteiger charge is -2.09. The van der Waals surface area contributed by atoms with Crippen molar-refractivity contribution in [3.05, 3.63) is 53.0 Å². The van der Waals surface area contributed by atoms with Gasteiger partial charge in [-0.25, -0.2) is 4.98 Å². The average Bonchev–Trinajstić information content (AvgIpc) is 3.10. The number of para-hydroxylation sites is 1. The first-order valence-electron chi connectivity index (χ1n) is 8.07. The number of methoxy groups -OCH3 is 1. The summed E-state index contributed by atoms with van der Waals surface area (Å²) in [6, 6.07) is 14.8. The van der Waals surface area contributed by atoms with Crippen molar-refractivity contribution in [1.29, 1.82) is 5.26 Å². The van der Waals surface area contributed by atoms with Crippen molar-refractivity contribution in [2.24, 2.45) is 0 Å². The number of carboxylic acids is 1. The maximum absolute atomic E-state index is 11.3. The SMILES string of the molecule is COc1cc(/C=C(\CC(=O)O)c2nc3ccccc3s2)ccc1OCC#N. The van der Waals surface area contributed by atoms with Gasteiger partial charge in [0.15, 0.2) is 18.1 Å². The number of hydrogen-bond acceptors (Lipinski definition) is 6. The molecule has 2 aromatic carbocycles. The van der Waals surface area contributed by atoms with Gasteiger partial charge in [0, 0.05) is 0 Å². The van der Waals surface area contributed by atoms with Crippen molar-refractivity contribution in [3.8, 4) is 17.6 Å². The van der Waals surface area contributed by atoms with Crippen LogP contribution < -0.4 is 9.47 Å². The van der Waals surface area contributed by atoms with E-state index in [1.54, 1.807) is 24.3 Å². The molecule has 1 N–H and O–H groups in total. The summed E-state index contributed by atoms with van der Waals surface area (Å²) in [4.78, 5) is 15.9. The highest BCUT2D eigenvalue weighted by Gasteiger charge is 2.13. The van der Waals surface area contributed by atoms with Gasteiger partial charge in [0.05, 0.1) is 23.7 Å². The lowest BCUT2D eigenvalue weighted by molar-refractivity contribution is -0.135. The Morgan fingerprint density at radius 2 is 2.11 bits per heavy atom. The average molecular weight is 380 g/mol. The Bertz CT molecular complexity index is 1020. The van der Waals surface area contributed by atoms with Crippen molar-refractivity contribution in [1.82, 2.24) is 4.98 Å². The standard InChI is InChI=1S/C20H16N2O4S/c1-25-17-11-13(6-7-16(17)26-9-8-21)10-14(12-19(23)24)20-22-15-4-2-3-5-18(15)27-20/h2-7,10-11H,9,12H2,1H3,(H,23,24)/b14-10+. The molecule has 0 bridgehead atoms. The van der Waals surface area contributed by atoms with Crippen LogP contribution in [0.15, 0.2) is 42.5 Å². The van der Waals surface area contributed by atoms with Crippen LogP contribution in [0.2, 0.25) is 0 Å². The molecule has 0 aliphatic heterocycles. The summed E-state index contributed by atoms with van der Waals surface area (Å²) in [7, 11) is 1.51. The van der Waals surface area contributed by atoms with E-state index < -0.39 is 5.97 Å². The van der Waals surface area contributed by atoms with Crippen LogP contribution in [0.1, 0.15) is 17.0 Å². The van der Waals surface area contributed by atoms with E-state index in [1.807, 2.05) is 30.3 Å². The molecule has 0 atom stereocenters. The van der Waals surface area contributed by atoms with E-state index >= 15 is 0 Å². The Hall–Kier alpha value is -3.37. The summed E-state index contributed by atoms with van der Waals surface area (Å²) in [6.07, 6.45) is 1.64. The maximum atomic E-state index is 11.3. The molecule has 136 valence electrons. The Morgan fingerprint density at radius 1 is 1.30 bits per heavy atom. The summed E-state index contributed by atoms with van der Waals surface area (Å²) < 4.78 is 11.6. The van der Waals surface area contributed by atoms with E-state index in [9.17, 15) is 9.90 Å². The molecule has 1 aromatic heterocycles. The number of thiazole rings is 1. The van der Waals surface area contributed by atoms with Gasteiger partial charge < -0.3 is 14.6 Å². The normalized spacial score (nSPS) is 11.2. The van der Waals surface area contributed by atoms with E-state index in [4.69, 9.17) is 14.7 Å². The van der Waals surface area contributed by atoms with Gasteiger partial charge in [0.2, 0.25) is 0 Å². The number of fused-ring (bicyclic) bond motifs is 1. The maximum Gasteiger partial charge on any atom is 0.307 e. The third-order valence-electron chi connectivity index (χ3n) is 3.73. The molecule has 6 nitrogen and oxygen atoms in total. The van der Waals surface area contributed by atoms with Crippen LogP contribution in [0.3, 0.4) is 0 Å². The molecule has 0 aliphatic rings. The summed E-state index contributed by atoms with van der Waals surface area (Å²) in [5.74, 6) is -0.00427. The molecule has 0 saturated heterocycles. The van der Waals surface area contributed by atoms with Gasteiger partial charge in [-0.15, -0.1) is 11.3 Å². The van der Waals surface area contributed by atoms with Gasteiger partial charge in [-0.1, -0.05) is 18.2 Å². The molecule has 0 unspecified atom stereocenters. The van der Waals surface area contributed by atoms with Gasteiger partial charge in [0.1, 0.15) is 11.1 Å². The number of hydrogen-bond donors (Lipinski definition) is 1. The van der Waals surface area contributed by atoms with Crippen LogP contribution in [0.4, 0.5) is 0 Å². The second-order valence-electron chi connectivity index (χ2n) is 5.58. The number of benzene rings is 2. The first-order valence-corrected chi connectivity index (χ1v) is 8.88. The molecule has 0 aliphatic carbocycles. The molecule has 0 fully saturated rings. The number of aliphatic carboxylic acids is 1. The Morgan fingerprint density at radius 3 is 2.81 bits per heavy atom. The summed E-state index contributed by atoms with van der Waals surface area (Å²) >= 11 is 1.46. The lowest BCUT2D eigenvalue weighted by Crippen LogP contribution is -1.98. The summed E-state index contributed by atoms with van der Waals surface area (Å²) in [5.41, 5.74) is 2.20. The fraction of sp³-hybridized carbons (Fsp3) is 0.150. The molecule has 0 amide bonds. The van der Waals surface area contributed by atoms with Crippen molar-refractivity contribution in [2.75, 3.05) is 13.7 Å². The van der Waals surface area contributed by atoms with E-state index in [0.717, 1.165) is 15.8 Å². The quantitative estimate of drug-likeness (QED) is 0.660. The fourth-order valence-electron chi connectivity index (χ4n) is 2.57. The first kappa shape index (κ1) is 18.4. The van der Waals surface area contributed by atoms with Crippen molar-refractivity contribution in [2.45, 2.75) is 6.42 Å². The van der Waals surface area contributed by atoms with Gasteiger partial charge >= 0.3 is 5.97 Å². The fourth-order valence-corrected chi connectivity index (χ4v) is 3.54. The van der Waals surface area contributed by atoms with Crippen LogP contribution in [-0.2, 0) is 4.79 Å². The topological polar surface area (TPSA) is 92.4 Å². The van der Waals surface area contributed by atoms with Gasteiger partial charge in [-0.3, -0.25) is 4.79 Å². The predicted octanol–water partition coefficient (Wildman–Crippen LogP) is 4.22. The Balaban J connectivity index is 2.00. The van der Waals surface area contributed by atoms with Gasteiger partial charge in [0.25, 0.3) is 0 Å². The molecule has 3 rings (SSSR count). The van der Waals surface area contributed by atoms with Crippen LogP contribution in [-0.4, -0.2) is 29.8 Å². The molecule has 0 radical (unpaired) electrons. The van der Waals surface area contributed by atoms with Crippen LogP contribution in [0, 0.1) is 11.3 Å². The van der Waals surface area contributed by atoms with E-state index in [1.165, 1.54) is 18.4 Å². The first-order chi connectivity index (χ1) is 13.1. The second-order valence-corrected chi connectivity index (χ2v) is 6.61. The highest BCUT2D eigenvalue weighted by atomic mass is 32.1. The minimum Gasteiger partial charge on any atom is -0.493 e. The highest BCUT2D eigenvalue weighted by molar-refractivity contribution is 7.19. The predicted molar refractivity (Wildman–Crippen MR) is 104 cm³/mol. The van der Waals surface area contributed by atoms with E-state index in [2.05, 4.69) is 4.98 Å². The monoisotopic (exact) mass is 380 g/mol. The third-order valence-corrected chi connectivity index (χ3v) is 4.84. The molecular formula is C20H16N2O4S. The lowest BCUT2D eigenvalue weighted by atomic mass is 10.1. The molecular weight excluding hydrogens is 364 g/mol. The summed E-state index contributed by atoms with van der Waals surface area (Å²) in [6.45, 7) is -0.0818. The van der Waals surface area contributed by atoms with Crippen molar-refractivity contribution < 1.29 is 19.4 Å². The van der Waals surface area contributed by atoms with E-state index in [0.29, 0.717) is 22.1 Å². The number of nitrogens with zero attached hydrogens (tertiary/aromatic N) is 2. The summed E-state index contributed by atoms with van der Waals surface area (Å²) in [5, 5.41) is 18.6. The van der Waals surface area contributed by atoms with Crippen LogP contribution in [0.25, 0.3) is 21.9 Å². The zero-order valence-corrected chi connectivity index (χ0v) is 15.3. The van der Waals surface area contributed by atoms with Gasteiger partial charge in [-0.05, 0) is 41.5 Å². The molecule has 7 heteroatoms. The van der Waals surface area contributed by atoms with Crippen molar-refractivity contribution in [3.63, 3.8) is 0 Å². The minimum atomic E-state index is -0.929. The molecule has 0 spiro atoms. The second kappa shape index (κ2) is 8.34.